The van der Waals surface area contributed by atoms with Gasteiger partial charge in [0.1, 0.15) is 0 Å². The highest BCUT2D eigenvalue weighted by Gasteiger charge is 2.18. The fourth-order valence-electron chi connectivity index (χ4n) is 1.08. The Morgan fingerprint density at radius 1 is 1.80 bits per heavy atom. The standard InChI is InChI=1S/C7H14N2O/c1-2-4-8-9-5-3-7(10)6-9/h2,7-8,10H,1,3-6H2/t7-/m1/s1. The molecule has 0 saturated carbocycles. The molecule has 0 aromatic heterocycles. The quantitative estimate of drug-likeness (QED) is 0.533. The van der Waals surface area contributed by atoms with Crippen molar-refractivity contribution in [3.05, 3.63) is 12.7 Å². The maximum absolute atomic E-state index is 9.09. The van der Waals surface area contributed by atoms with Crippen LogP contribution in [-0.2, 0) is 0 Å². The van der Waals surface area contributed by atoms with E-state index in [2.05, 4.69) is 12.0 Å². The van der Waals surface area contributed by atoms with Gasteiger partial charge in [-0.2, -0.15) is 0 Å². The van der Waals surface area contributed by atoms with Gasteiger partial charge >= 0.3 is 0 Å². The van der Waals surface area contributed by atoms with Crippen molar-refractivity contribution in [3.8, 4) is 0 Å². The van der Waals surface area contributed by atoms with Crippen molar-refractivity contribution in [2.75, 3.05) is 19.6 Å². The Bertz CT molecular complexity index is 116. The molecule has 1 heterocycles. The van der Waals surface area contributed by atoms with Gasteiger partial charge < -0.3 is 5.11 Å². The van der Waals surface area contributed by atoms with E-state index in [4.69, 9.17) is 5.11 Å². The topological polar surface area (TPSA) is 35.5 Å². The van der Waals surface area contributed by atoms with E-state index >= 15 is 0 Å². The Morgan fingerprint density at radius 3 is 3.10 bits per heavy atom. The van der Waals surface area contributed by atoms with E-state index in [-0.39, 0.29) is 6.10 Å². The smallest absolute Gasteiger partial charge is 0.0693 e. The Kier molecular flexibility index (Phi) is 2.86. The van der Waals surface area contributed by atoms with E-state index in [9.17, 15) is 0 Å². The van der Waals surface area contributed by atoms with Crippen LogP contribution in [0.25, 0.3) is 0 Å². The number of rotatable bonds is 3. The van der Waals surface area contributed by atoms with Crippen molar-refractivity contribution in [3.63, 3.8) is 0 Å². The van der Waals surface area contributed by atoms with Crippen LogP contribution < -0.4 is 5.43 Å². The fraction of sp³-hybridized carbons (Fsp3) is 0.714. The van der Waals surface area contributed by atoms with Crippen molar-refractivity contribution < 1.29 is 5.11 Å². The lowest BCUT2D eigenvalue weighted by Gasteiger charge is -2.14. The molecule has 0 spiro atoms. The molecule has 0 bridgehead atoms. The molecule has 0 aromatic rings. The van der Waals surface area contributed by atoms with E-state index in [0.29, 0.717) is 0 Å². The zero-order valence-electron chi connectivity index (χ0n) is 6.08. The second-order valence-electron chi connectivity index (χ2n) is 2.54. The largest absolute Gasteiger partial charge is 0.392 e. The van der Waals surface area contributed by atoms with E-state index in [1.807, 2.05) is 11.1 Å². The maximum Gasteiger partial charge on any atom is 0.0693 e. The van der Waals surface area contributed by atoms with Crippen LogP contribution in [0.3, 0.4) is 0 Å². The molecule has 0 radical (unpaired) electrons. The monoisotopic (exact) mass is 142 g/mol. The summed E-state index contributed by atoms with van der Waals surface area (Å²) in [5.74, 6) is 0. The third-order valence-corrected chi connectivity index (χ3v) is 1.62. The SMILES string of the molecule is C=CCNN1CC[C@@H](O)C1. The summed E-state index contributed by atoms with van der Waals surface area (Å²) in [5, 5.41) is 11.1. The molecule has 0 amide bonds. The van der Waals surface area contributed by atoms with Crippen molar-refractivity contribution >= 4 is 0 Å². The molecule has 0 aromatic carbocycles. The van der Waals surface area contributed by atoms with Crippen LogP contribution >= 0.6 is 0 Å². The number of nitrogens with one attached hydrogen (secondary N) is 1. The molecule has 1 rings (SSSR count). The molecule has 0 aliphatic carbocycles. The van der Waals surface area contributed by atoms with Crippen LogP contribution in [0.15, 0.2) is 12.7 Å². The van der Waals surface area contributed by atoms with Gasteiger partial charge in [0.25, 0.3) is 0 Å². The minimum atomic E-state index is -0.141. The lowest BCUT2D eigenvalue weighted by molar-refractivity contribution is 0.158. The Balaban J connectivity index is 2.12. The minimum absolute atomic E-state index is 0.141. The zero-order valence-corrected chi connectivity index (χ0v) is 6.08. The third-order valence-electron chi connectivity index (χ3n) is 1.62. The van der Waals surface area contributed by atoms with Gasteiger partial charge in [-0.1, -0.05) is 6.08 Å². The zero-order chi connectivity index (χ0) is 7.40. The van der Waals surface area contributed by atoms with E-state index in [1.54, 1.807) is 0 Å². The Hall–Kier alpha value is -0.380. The summed E-state index contributed by atoms with van der Waals surface area (Å²) in [5.41, 5.74) is 3.12. The third kappa shape index (κ3) is 2.10. The highest BCUT2D eigenvalue weighted by atomic mass is 16.3. The molecule has 1 fully saturated rings. The minimum Gasteiger partial charge on any atom is -0.392 e. The van der Waals surface area contributed by atoms with Crippen molar-refractivity contribution in [2.45, 2.75) is 12.5 Å². The van der Waals surface area contributed by atoms with Gasteiger partial charge in [0, 0.05) is 19.6 Å². The summed E-state index contributed by atoms with van der Waals surface area (Å²) in [4.78, 5) is 0. The van der Waals surface area contributed by atoms with Crippen molar-refractivity contribution in [2.24, 2.45) is 0 Å². The van der Waals surface area contributed by atoms with Crippen molar-refractivity contribution in [1.29, 1.82) is 0 Å². The predicted octanol–water partition coefficient (Wildman–Crippen LogP) is -0.256. The first-order valence-corrected chi connectivity index (χ1v) is 3.60. The summed E-state index contributed by atoms with van der Waals surface area (Å²) in [6.07, 6.45) is 2.55. The molecule has 1 saturated heterocycles. The molecule has 0 unspecified atom stereocenters. The van der Waals surface area contributed by atoms with E-state index < -0.39 is 0 Å². The second kappa shape index (κ2) is 3.71. The summed E-state index contributed by atoms with van der Waals surface area (Å²) in [6, 6.07) is 0. The van der Waals surface area contributed by atoms with Crippen LogP contribution in [0.2, 0.25) is 0 Å². The highest BCUT2D eigenvalue weighted by Crippen LogP contribution is 2.04. The molecule has 3 nitrogen and oxygen atoms in total. The molecular formula is C7H14N2O. The number of hydrazine groups is 1. The second-order valence-corrected chi connectivity index (χ2v) is 2.54. The van der Waals surface area contributed by atoms with Crippen molar-refractivity contribution in [1.82, 2.24) is 10.4 Å². The lowest BCUT2D eigenvalue weighted by atomic mass is 10.3. The van der Waals surface area contributed by atoms with Crippen LogP contribution in [0.5, 0.6) is 0 Å². The molecule has 1 aliphatic heterocycles. The number of hydrogen-bond acceptors (Lipinski definition) is 3. The lowest BCUT2D eigenvalue weighted by Crippen LogP contribution is -2.36. The number of β-amino-alcohol motifs (C(OH)–C–C–N with tert-alkyl or cyclic N) is 1. The summed E-state index contributed by atoms with van der Waals surface area (Å²) in [6.45, 7) is 6.06. The first-order chi connectivity index (χ1) is 4.83. The normalized spacial score (nSPS) is 27.1. The number of aliphatic hydroxyl groups is 1. The first-order valence-electron chi connectivity index (χ1n) is 3.60. The maximum atomic E-state index is 9.09. The highest BCUT2D eigenvalue weighted by molar-refractivity contribution is 4.74. The molecule has 58 valence electrons. The van der Waals surface area contributed by atoms with Crippen LogP contribution in [0.4, 0.5) is 0 Å². The number of hydrogen-bond donors (Lipinski definition) is 2. The average molecular weight is 142 g/mol. The van der Waals surface area contributed by atoms with Crippen LogP contribution in [0.1, 0.15) is 6.42 Å². The molecule has 1 atom stereocenters. The van der Waals surface area contributed by atoms with Gasteiger partial charge in [0.15, 0.2) is 0 Å². The van der Waals surface area contributed by atoms with E-state index in [1.165, 1.54) is 0 Å². The number of aliphatic hydroxyl groups excluding tert-OH is 1. The molecule has 2 N–H and O–H groups in total. The van der Waals surface area contributed by atoms with Gasteiger partial charge in [-0.3, -0.25) is 5.43 Å². The van der Waals surface area contributed by atoms with E-state index in [0.717, 1.165) is 26.1 Å². The van der Waals surface area contributed by atoms with Gasteiger partial charge in [-0.25, -0.2) is 5.01 Å². The molecular weight excluding hydrogens is 128 g/mol. The predicted molar refractivity (Wildman–Crippen MR) is 40.4 cm³/mol. The molecule has 10 heavy (non-hydrogen) atoms. The van der Waals surface area contributed by atoms with Gasteiger partial charge in [-0.15, -0.1) is 6.58 Å². The van der Waals surface area contributed by atoms with Gasteiger partial charge in [0.05, 0.1) is 6.10 Å². The summed E-state index contributed by atoms with van der Waals surface area (Å²) >= 11 is 0. The average Bonchev–Trinajstić information content (AvgIpc) is 2.31. The van der Waals surface area contributed by atoms with Gasteiger partial charge in [0.2, 0.25) is 0 Å². The van der Waals surface area contributed by atoms with Crippen LogP contribution in [0, 0.1) is 0 Å². The van der Waals surface area contributed by atoms with Crippen LogP contribution in [-0.4, -0.2) is 35.9 Å². The molecule has 1 aliphatic rings. The first kappa shape index (κ1) is 7.72. The fourth-order valence-corrected chi connectivity index (χ4v) is 1.08. The Labute approximate surface area is 61.3 Å². The molecule has 3 heteroatoms. The summed E-state index contributed by atoms with van der Waals surface area (Å²) in [7, 11) is 0. The Morgan fingerprint density at radius 2 is 2.60 bits per heavy atom. The number of nitrogens with zero attached hydrogens (tertiary/aromatic N) is 1. The summed E-state index contributed by atoms with van der Waals surface area (Å²) < 4.78 is 0. The van der Waals surface area contributed by atoms with Gasteiger partial charge in [-0.05, 0) is 6.42 Å².